The molecule has 1 aliphatic heterocycles. The Hall–Kier alpha value is -3.22. The lowest BCUT2D eigenvalue weighted by atomic mass is 9.95. The number of nitrogen functional groups attached to an aromatic ring is 1. The Morgan fingerprint density at radius 2 is 1.89 bits per heavy atom. The number of alkyl carbamates (subject to hydrolysis) is 1. The first-order valence-corrected chi connectivity index (χ1v) is 12.4. The number of carbonyl (C=O) groups excluding carboxylic acids is 2. The van der Waals surface area contributed by atoms with E-state index in [4.69, 9.17) is 15.2 Å². The van der Waals surface area contributed by atoms with Crippen LogP contribution in [-0.2, 0) is 21.4 Å². The van der Waals surface area contributed by atoms with Crippen molar-refractivity contribution in [3.63, 3.8) is 0 Å². The van der Waals surface area contributed by atoms with Gasteiger partial charge in [-0.3, -0.25) is 4.90 Å². The van der Waals surface area contributed by atoms with E-state index in [2.05, 4.69) is 43.4 Å². The number of ether oxygens (including phenoxy) is 2. The number of cyclic esters (lactones) is 1. The van der Waals surface area contributed by atoms with Crippen LogP contribution in [0.25, 0.3) is 0 Å². The molecule has 2 atom stereocenters. The number of benzene rings is 2. The van der Waals surface area contributed by atoms with Crippen LogP contribution < -0.4 is 11.1 Å². The van der Waals surface area contributed by atoms with Crippen molar-refractivity contribution in [2.75, 3.05) is 12.3 Å². The van der Waals surface area contributed by atoms with Gasteiger partial charge in [-0.15, -0.1) is 0 Å². The van der Waals surface area contributed by atoms with Gasteiger partial charge in [0.2, 0.25) is 0 Å². The number of hydrogen-bond donors (Lipinski definition) is 2. The maximum absolute atomic E-state index is 13.1. The van der Waals surface area contributed by atoms with Crippen LogP contribution in [-0.4, -0.2) is 41.4 Å². The van der Waals surface area contributed by atoms with Gasteiger partial charge in [0.15, 0.2) is 0 Å². The van der Waals surface area contributed by atoms with Crippen molar-refractivity contribution in [3.05, 3.63) is 65.2 Å². The van der Waals surface area contributed by atoms with E-state index in [-0.39, 0.29) is 11.6 Å². The van der Waals surface area contributed by atoms with E-state index in [0.717, 1.165) is 24.0 Å². The molecule has 1 aliphatic carbocycles. The summed E-state index contributed by atoms with van der Waals surface area (Å²) < 4.78 is 11.4. The van der Waals surface area contributed by atoms with Gasteiger partial charge in [-0.05, 0) is 74.8 Å². The highest BCUT2D eigenvalue weighted by Crippen LogP contribution is 2.53. The third kappa shape index (κ3) is 5.72. The number of amides is 2. The van der Waals surface area contributed by atoms with E-state index in [1.807, 2.05) is 49.9 Å². The molecule has 0 aromatic heterocycles. The van der Waals surface area contributed by atoms with Gasteiger partial charge in [0.1, 0.15) is 11.7 Å². The monoisotopic (exact) mass is 479 g/mol. The van der Waals surface area contributed by atoms with E-state index in [1.165, 1.54) is 5.56 Å². The molecule has 3 N–H and O–H groups in total. The fourth-order valence-electron chi connectivity index (χ4n) is 4.71. The SMILES string of the molecule is CC(C)c1cccc(C2(N3CC(C(Cc4ccc(N)cc4)NC(=O)OC(C)(C)C)OC3=O)CC2)c1. The molecular formula is C28H37N3O4. The van der Waals surface area contributed by atoms with Crippen LogP contribution >= 0.6 is 0 Å². The highest BCUT2D eigenvalue weighted by molar-refractivity contribution is 5.73. The predicted octanol–water partition coefficient (Wildman–Crippen LogP) is 5.34. The van der Waals surface area contributed by atoms with Gasteiger partial charge in [0.05, 0.1) is 18.1 Å². The van der Waals surface area contributed by atoms with Crippen molar-refractivity contribution in [3.8, 4) is 0 Å². The molecule has 2 aliphatic rings. The van der Waals surface area contributed by atoms with Gasteiger partial charge in [-0.2, -0.15) is 0 Å². The summed E-state index contributed by atoms with van der Waals surface area (Å²) in [6, 6.07) is 15.6. The normalized spacial score (nSPS) is 19.9. The van der Waals surface area contributed by atoms with Crippen LogP contribution in [0.3, 0.4) is 0 Å². The molecule has 0 bridgehead atoms. The van der Waals surface area contributed by atoms with Gasteiger partial charge < -0.3 is 20.5 Å². The van der Waals surface area contributed by atoms with E-state index >= 15 is 0 Å². The van der Waals surface area contributed by atoms with Crippen molar-refractivity contribution in [1.82, 2.24) is 10.2 Å². The Labute approximate surface area is 208 Å². The minimum absolute atomic E-state index is 0.337. The summed E-state index contributed by atoms with van der Waals surface area (Å²) in [5, 5.41) is 2.96. The molecule has 35 heavy (non-hydrogen) atoms. The van der Waals surface area contributed by atoms with Crippen molar-refractivity contribution in [1.29, 1.82) is 0 Å². The standard InChI is InChI=1S/C28H37N3O4/c1-18(2)20-7-6-8-21(16-20)28(13-14-28)31-17-24(34-26(31)33)23(30-25(32)35-27(3,4)5)15-19-9-11-22(29)12-10-19/h6-12,16,18,23-24H,13-15,17,29H2,1-5H3,(H,30,32). The summed E-state index contributed by atoms with van der Waals surface area (Å²) in [6.07, 6.45) is 0.922. The zero-order valence-corrected chi connectivity index (χ0v) is 21.3. The Morgan fingerprint density at radius 3 is 2.49 bits per heavy atom. The fraction of sp³-hybridized carbons (Fsp3) is 0.500. The van der Waals surface area contributed by atoms with Crippen molar-refractivity contribution < 1.29 is 19.1 Å². The summed E-state index contributed by atoms with van der Waals surface area (Å²) >= 11 is 0. The summed E-state index contributed by atoms with van der Waals surface area (Å²) in [7, 11) is 0. The summed E-state index contributed by atoms with van der Waals surface area (Å²) in [5.74, 6) is 0.409. The lowest BCUT2D eigenvalue weighted by Crippen LogP contribution is -2.48. The Morgan fingerprint density at radius 1 is 1.20 bits per heavy atom. The van der Waals surface area contributed by atoms with Crippen LogP contribution in [0, 0.1) is 0 Å². The number of anilines is 1. The topological polar surface area (TPSA) is 93.9 Å². The van der Waals surface area contributed by atoms with Crippen LogP contribution in [0.4, 0.5) is 15.3 Å². The maximum Gasteiger partial charge on any atom is 0.411 e. The van der Waals surface area contributed by atoms with Gasteiger partial charge in [0, 0.05) is 5.69 Å². The van der Waals surface area contributed by atoms with Crippen molar-refractivity contribution in [2.45, 2.75) is 83.1 Å². The number of rotatable bonds is 7. The minimum Gasteiger partial charge on any atom is -0.444 e. The van der Waals surface area contributed by atoms with Crippen molar-refractivity contribution >= 4 is 17.9 Å². The summed E-state index contributed by atoms with van der Waals surface area (Å²) in [5.41, 5.74) is 8.93. The summed E-state index contributed by atoms with van der Waals surface area (Å²) in [4.78, 5) is 27.6. The first-order chi connectivity index (χ1) is 16.5. The Balaban J connectivity index is 1.55. The molecular weight excluding hydrogens is 442 g/mol. The lowest BCUT2D eigenvalue weighted by Gasteiger charge is -2.28. The Bertz CT molecular complexity index is 1070. The quantitative estimate of drug-likeness (QED) is 0.523. The third-order valence-corrected chi connectivity index (χ3v) is 6.75. The molecule has 1 saturated heterocycles. The van der Waals surface area contributed by atoms with Crippen LogP contribution in [0.1, 0.15) is 70.1 Å². The van der Waals surface area contributed by atoms with Gasteiger partial charge in [-0.1, -0.05) is 50.2 Å². The summed E-state index contributed by atoms with van der Waals surface area (Å²) in [6.45, 7) is 10.2. The molecule has 2 unspecified atom stereocenters. The highest BCUT2D eigenvalue weighted by atomic mass is 16.6. The second-order valence-electron chi connectivity index (χ2n) is 11.0. The van der Waals surface area contributed by atoms with Crippen molar-refractivity contribution in [2.24, 2.45) is 0 Å². The fourth-order valence-corrected chi connectivity index (χ4v) is 4.71. The Kier molecular flexibility index (Phi) is 6.71. The molecule has 2 aromatic carbocycles. The predicted molar refractivity (Wildman–Crippen MR) is 136 cm³/mol. The second kappa shape index (κ2) is 9.44. The van der Waals surface area contributed by atoms with Gasteiger partial charge in [0.25, 0.3) is 0 Å². The largest absolute Gasteiger partial charge is 0.444 e. The first kappa shape index (κ1) is 24.9. The average Bonchev–Trinajstić information content (AvgIpc) is 3.49. The lowest BCUT2D eigenvalue weighted by molar-refractivity contribution is 0.0436. The molecule has 188 valence electrons. The molecule has 7 nitrogen and oxygen atoms in total. The number of nitrogens with zero attached hydrogens (tertiary/aromatic N) is 1. The minimum atomic E-state index is -0.631. The van der Waals surface area contributed by atoms with Crippen LogP contribution in [0.2, 0.25) is 0 Å². The first-order valence-electron chi connectivity index (χ1n) is 12.4. The molecule has 1 heterocycles. The molecule has 2 aromatic rings. The van der Waals surface area contributed by atoms with Crippen LogP contribution in [0.15, 0.2) is 48.5 Å². The highest BCUT2D eigenvalue weighted by Gasteiger charge is 2.56. The molecule has 4 rings (SSSR count). The number of nitrogens with one attached hydrogen (secondary N) is 1. The van der Waals surface area contributed by atoms with E-state index in [9.17, 15) is 9.59 Å². The second-order valence-corrected chi connectivity index (χ2v) is 11.0. The molecule has 0 spiro atoms. The number of carbonyl (C=O) groups is 2. The van der Waals surface area contributed by atoms with E-state index < -0.39 is 23.8 Å². The molecule has 7 heteroatoms. The molecule has 1 saturated carbocycles. The zero-order valence-electron chi connectivity index (χ0n) is 21.3. The zero-order chi connectivity index (χ0) is 25.4. The smallest absolute Gasteiger partial charge is 0.411 e. The van der Waals surface area contributed by atoms with Gasteiger partial charge >= 0.3 is 12.2 Å². The average molecular weight is 480 g/mol. The third-order valence-electron chi connectivity index (χ3n) is 6.75. The number of nitrogens with two attached hydrogens (primary N) is 1. The van der Waals surface area contributed by atoms with Crippen LogP contribution in [0.5, 0.6) is 0 Å². The number of hydrogen-bond acceptors (Lipinski definition) is 5. The maximum atomic E-state index is 13.1. The molecule has 2 fully saturated rings. The van der Waals surface area contributed by atoms with E-state index in [1.54, 1.807) is 0 Å². The molecule has 2 amide bonds. The molecule has 0 radical (unpaired) electrons. The van der Waals surface area contributed by atoms with Gasteiger partial charge in [-0.25, -0.2) is 9.59 Å². The van der Waals surface area contributed by atoms with E-state index in [0.29, 0.717) is 24.6 Å².